The molecule has 152 valence electrons. The van der Waals surface area contributed by atoms with E-state index in [9.17, 15) is 0 Å². The molecule has 0 unspecified atom stereocenters. The zero-order valence-electron chi connectivity index (χ0n) is 17.8. The number of unbranched alkanes of at least 4 members (excludes halogenated alkanes) is 1. The lowest BCUT2D eigenvalue weighted by atomic mass is 9.95. The number of allylic oxidation sites excluding steroid dienone is 1. The van der Waals surface area contributed by atoms with E-state index in [1.54, 1.807) is 28.4 Å². The van der Waals surface area contributed by atoms with Crippen LogP contribution in [0.1, 0.15) is 37.3 Å². The maximum atomic E-state index is 5.77. The molecule has 0 aromatic heterocycles. The fourth-order valence-corrected chi connectivity index (χ4v) is 3.52. The highest BCUT2D eigenvalue weighted by Crippen LogP contribution is 2.49. The van der Waals surface area contributed by atoms with E-state index in [0.29, 0.717) is 11.5 Å². The molecule has 0 aliphatic heterocycles. The summed E-state index contributed by atoms with van der Waals surface area (Å²) < 4.78 is 22.8. The molecule has 0 saturated heterocycles. The second-order valence-electron chi connectivity index (χ2n) is 6.65. The molecular formula is C24H32O4. The van der Waals surface area contributed by atoms with Gasteiger partial charge in [0.1, 0.15) is 5.75 Å². The van der Waals surface area contributed by atoms with Crippen molar-refractivity contribution in [2.24, 2.45) is 0 Å². The second kappa shape index (κ2) is 10.6. The van der Waals surface area contributed by atoms with Crippen molar-refractivity contribution in [2.45, 2.75) is 39.0 Å². The van der Waals surface area contributed by atoms with Crippen LogP contribution in [0.2, 0.25) is 0 Å². The van der Waals surface area contributed by atoms with Gasteiger partial charge in [0, 0.05) is 11.1 Å². The summed E-state index contributed by atoms with van der Waals surface area (Å²) in [6.07, 6.45) is 6.83. The number of methoxy groups -OCH3 is 4. The van der Waals surface area contributed by atoms with Gasteiger partial charge in [-0.2, -0.15) is 0 Å². The summed E-state index contributed by atoms with van der Waals surface area (Å²) in [5.74, 6) is 2.79. The molecule has 0 atom stereocenters. The molecule has 0 saturated carbocycles. The van der Waals surface area contributed by atoms with Gasteiger partial charge in [0.15, 0.2) is 11.5 Å². The minimum absolute atomic E-state index is 0.610. The maximum Gasteiger partial charge on any atom is 0.204 e. The van der Waals surface area contributed by atoms with Gasteiger partial charge in [-0.3, -0.25) is 0 Å². The van der Waals surface area contributed by atoms with Crippen molar-refractivity contribution in [3.8, 4) is 34.1 Å². The molecule has 0 bridgehead atoms. The third kappa shape index (κ3) is 4.61. The number of hydrogen-bond acceptors (Lipinski definition) is 4. The summed E-state index contributed by atoms with van der Waals surface area (Å²) in [4.78, 5) is 0. The van der Waals surface area contributed by atoms with Gasteiger partial charge in [0.25, 0.3) is 0 Å². The maximum absolute atomic E-state index is 5.77. The van der Waals surface area contributed by atoms with Crippen molar-refractivity contribution in [2.75, 3.05) is 28.4 Å². The zero-order chi connectivity index (χ0) is 20.5. The smallest absolute Gasteiger partial charge is 0.204 e. The molecule has 2 aromatic rings. The minimum atomic E-state index is 0.610. The van der Waals surface area contributed by atoms with E-state index in [2.05, 4.69) is 31.7 Å². The van der Waals surface area contributed by atoms with Gasteiger partial charge in [0.05, 0.1) is 28.4 Å². The van der Waals surface area contributed by atoms with Crippen LogP contribution in [0.3, 0.4) is 0 Å². The molecule has 0 radical (unpaired) electrons. The number of aryl methyl sites for hydroxylation is 2. The molecular weight excluding hydrogens is 352 g/mol. The van der Waals surface area contributed by atoms with Gasteiger partial charge in [-0.1, -0.05) is 25.5 Å². The first-order chi connectivity index (χ1) is 13.6. The van der Waals surface area contributed by atoms with Crippen molar-refractivity contribution in [3.05, 3.63) is 48.0 Å². The lowest BCUT2D eigenvalue weighted by Crippen LogP contribution is -2.02. The molecule has 0 aliphatic rings. The molecule has 0 spiro atoms. The van der Waals surface area contributed by atoms with Gasteiger partial charge < -0.3 is 18.9 Å². The van der Waals surface area contributed by atoms with Crippen LogP contribution in [-0.2, 0) is 12.8 Å². The summed E-state index contributed by atoms with van der Waals surface area (Å²) in [5, 5.41) is 0. The molecule has 4 nitrogen and oxygen atoms in total. The van der Waals surface area contributed by atoms with Crippen LogP contribution < -0.4 is 18.9 Å². The Morgan fingerprint density at radius 2 is 1.54 bits per heavy atom. The average Bonchev–Trinajstić information content (AvgIpc) is 2.72. The quantitative estimate of drug-likeness (QED) is 0.360. The fourth-order valence-electron chi connectivity index (χ4n) is 3.52. The summed E-state index contributed by atoms with van der Waals surface area (Å²) in [7, 11) is 6.65. The SMILES string of the molecule is C=CCCCc1cc(-c2cc(CCC)ccc2OC)c(OC)c(OC)c1OC. The number of benzene rings is 2. The van der Waals surface area contributed by atoms with Gasteiger partial charge in [0.2, 0.25) is 5.75 Å². The highest BCUT2D eigenvalue weighted by atomic mass is 16.5. The molecule has 2 aromatic carbocycles. The van der Waals surface area contributed by atoms with Crippen molar-refractivity contribution >= 4 is 0 Å². The first kappa shape index (κ1) is 21.7. The fraction of sp³-hybridized carbons (Fsp3) is 0.417. The largest absolute Gasteiger partial charge is 0.496 e. The van der Waals surface area contributed by atoms with E-state index in [4.69, 9.17) is 18.9 Å². The molecule has 2 rings (SSSR count). The highest BCUT2D eigenvalue weighted by molar-refractivity contribution is 5.82. The van der Waals surface area contributed by atoms with Crippen LogP contribution >= 0.6 is 0 Å². The van der Waals surface area contributed by atoms with Gasteiger partial charge in [-0.15, -0.1) is 6.58 Å². The Labute approximate surface area is 169 Å². The Kier molecular flexibility index (Phi) is 8.24. The van der Waals surface area contributed by atoms with Crippen molar-refractivity contribution < 1.29 is 18.9 Å². The topological polar surface area (TPSA) is 36.9 Å². The van der Waals surface area contributed by atoms with Crippen molar-refractivity contribution in [1.29, 1.82) is 0 Å². The predicted octanol–water partition coefficient (Wildman–Crippen LogP) is 5.85. The highest BCUT2D eigenvalue weighted by Gasteiger charge is 2.23. The van der Waals surface area contributed by atoms with Gasteiger partial charge in [-0.25, -0.2) is 0 Å². The lowest BCUT2D eigenvalue weighted by molar-refractivity contribution is 0.322. The number of ether oxygens (including phenoxy) is 4. The van der Waals surface area contributed by atoms with E-state index in [1.807, 2.05) is 12.1 Å². The normalized spacial score (nSPS) is 10.5. The Bertz CT molecular complexity index is 796. The first-order valence-corrected chi connectivity index (χ1v) is 9.75. The van der Waals surface area contributed by atoms with Gasteiger partial charge >= 0.3 is 0 Å². The van der Waals surface area contributed by atoms with Crippen LogP contribution in [-0.4, -0.2) is 28.4 Å². The Balaban J connectivity index is 2.73. The monoisotopic (exact) mass is 384 g/mol. The van der Waals surface area contributed by atoms with E-state index < -0.39 is 0 Å². The van der Waals surface area contributed by atoms with Crippen LogP contribution in [0.4, 0.5) is 0 Å². The molecule has 0 heterocycles. The zero-order valence-corrected chi connectivity index (χ0v) is 17.8. The first-order valence-electron chi connectivity index (χ1n) is 9.75. The summed E-state index contributed by atoms with van der Waals surface area (Å²) in [6.45, 7) is 6.00. The number of hydrogen-bond donors (Lipinski definition) is 0. The molecule has 28 heavy (non-hydrogen) atoms. The predicted molar refractivity (Wildman–Crippen MR) is 115 cm³/mol. The average molecular weight is 385 g/mol. The standard InChI is InChI=1S/C24H32O4/c1-7-9-10-12-18-16-20(23(27-5)24(28-6)22(18)26-4)19-15-17(11-8-2)13-14-21(19)25-3/h7,13-16H,1,8-12H2,2-6H3. The molecule has 0 fully saturated rings. The third-order valence-corrected chi connectivity index (χ3v) is 4.83. The summed E-state index contributed by atoms with van der Waals surface area (Å²) in [6, 6.07) is 8.45. The van der Waals surface area contributed by atoms with Crippen LogP contribution in [0.25, 0.3) is 11.1 Å². The lowest BCUT2D eigenvalue weighted by Gasteiger charge is -2.21. The van der Waals surface area contributed by atoms with Crippen LogP contribution in [0, 0.1) is 0 Å². The van der Waals surface area contributed by atoms with Crippen molar-refractivity contribution in [1.82, 2.24) is 0 Å². The Morgan fingerprint density at radius 3 is 2.11 bits per heavy atom. The minimum Gasteiger partial charge on any atom is -0.496 e. The molecule has 0 amide bonds. The second-order valence-corrected chi connectivity index (χ2v) is 6.65. The Morgan fingerprint density at radius 1 is 0.821 bits per heavy atom. The van der Waals surface area contributed by atoms with Crippen LogP contribution in [0.15, 0.2) is 36.9 Å². The third-order valence-electron chi connectivity index (χ3n) is 4.83. The molecule has 4 heteroatoms. The summed E-state index contributed by atoms with van der Waals surface area (Å²) >= 11 is 0. The van der Waals surface area contributed by atoms with Gasteiger partial charge in [-0.05, 0) is 55.0 Å². The van der Waals surface area contributed by atoms with E-state index >= 15 is 0 Å². The van der Waals surface area contributed by atoms with Crippen LogP contribution in [0.5, 0.6) is 23.0 Å². The van der Waals surface area contributed by atoms with E-state index in [-0.39, 0.29) is 0 Å². The van der Waals surface area contributed by atoms with E-state index in [0.717, 1.165) is 60.3 Å². The summed E-state index contributed by atoms with van der Waals surface area (Å²) in [5.41, 5.74) is 4.29. The molecule has 0 N–H and O–H groups in total. The van der Waals surface area contributed by atoms with Crippen molar-refractivity contribution in [3.63, 3.8) is 0 Å². The Hall–Kier alpha value is -2.62. The molecule has 0 aliphatic carbocycles. The van der Waals surface area contributed by atoms with E-state index in [1.165, 1.54) is 5.56 Å². The number of rotatable bonds is 11.